The van der Waals surface area contributed by atoms with Crippen LogP contribution in [0.15, 0.2) is 65.1 Å². The van der Waals surface area contributed by atoms with Gasteiger partial charge in [-0.25, -0.2) is 4.79 Å². The fourth-order valence-electron chi connectivity index (χ4n) is 2.71. The molecule has 0 fully saturated rings. The van der Waals surface area contributed by atoms with Gasteiger partial charge in [-0.15, -0.1) is 0 Å². The van der Waals surface area contributed by atoms with Crippen LogP contribution in [-0.2, 0) is 17.3 Å². The molecule has 3 aromatic rings. The smallest absolute Gasteiger partial charge is 0.416 e. The molecule has 6 heteroatoms. The molecule has 3 rings (SSSR count). The molecule has 0 atom stereocenters. The Morgan fingerprint density at radius 2 is 1.70 bits per heavy atom. The van der Waals surface area contributed by atoms with Crippen molar-refractivity contribution >= 4 is 5.97 Å². The molecule has 140 valence electrons. The van der Waals surface area contributed by atoms with Crippen molar-refractivity contribution in [2.24, 2.45) is 0 Å². The molecule has 0 radical (unpaired) electrons. The number of furan rings is 1. The maximum absolute atomic E-state index is 12.7. The molecule has 1 heterocycles. The Kier molecular flexibility index (Phi) is 5.35. The Morgan fingerprint density at radius 3 is 2.30 bits per heavy atom. The lowest BCUT2D eigenvalue weighted by molar-refractivity contribution is -0.137. The van der Waals surface area contributed by atoms with Crippen molar-refractivity contribution in [1.29, 1.82) is 0 Å². The maximum atomic E-state index is 12.7. The van der Waals surface area contributed by atoms with E-state index in [1.165, 1.54) is 12.1 Å². The van der Waals surface area contributed by atoms with Gasteiger partial charge in [0.15, 0.2) is 0 Å². The lowest BCUT2D eigenvalue weighted by Gasteiger charge is -2.06. The molecule has 0 saturated heterocycles. The average molecular weight is 374 g/mol. The number of alkyl halides is 3. The summed E-state index contributed by atoms with van der Waals surface area (Å²) < 4.78 is 49.0. The van der Waals surface area contributed by atoms with Gasteiger partial charge in [-0.3, -0.25) is 0 Å². The average Bonchev–Trinajstić information content (AvgIpc) is 3.06. The van der Waals surface area contributed by atoms with Crippen LogP contribution in [0.3, 0.4) is 0 Å². The van der Waals surface area contributed by atoms with Crippen LogP contribution >= 0.6 is 0 Å². The summed E-state index contributed by atoms with van der Waals surface area (Å²) >= 11 is 0. The van der Waals surface area contributed by atoms with E-state index in [0.29, 0.717) is 22.6 Å². The molecule has 3 nitrogen and oxygen atoms in total. The van der Waals surface area contributed by atoms with Crippen molar-refractivity contribution in [2.45, 2.75) is 19.5 Å². The standard InChI is InChI=1S/C21H17F3O3/c1-2-26-20(25)18-13-17(27-19(18)15-6-4-3-5-7-15)12-14-8-10-16(11-9-14)21(22,23)24/h3-11,13H,2,12H2,1H3. The maximum Gasteiger partial charge on any atom is 0.416 e. The second-order valence-electron chi connectivity index (χ2n) is 5.91. The van der Waals surface area contributed by atoms with Gasteiger partial charge in [0.2, 0.25) is 0 Å². The highest BCUT2D eigenvalue weighted by Crippen LogP contribution is 2.31. The Balaban J connectivity index is 1.91. The van der Waals surface area contributed by atoms with Gasteiger partial charge in [0.1, 0.15) is 17.1 Å². The van der Waals surface area contributed by atoms with Crippen molar-refractivity contribution in [1.82, 2.24) is 0 Å². The molecule has 27 heavy (non-hydrogen) atoms. The zero-order chi connectivity index (χ0) is 19.4. The van der Waals surface area contributed by atoms with Crippen LogP contribution in [0, 0.1) is 0 Å². The lowest BCUT2D eigenvalue weighted by atomic mass is 10.1. The molecular formula is C21H17F3O3. The van der Waals surface area contributed by atoms with Crippen molar-refractivity contribution in [2.75, 3.05) is 6.61 Å². The summed E-state index contributed by atoms with van der Waals surface area (Å²) in [5.74, 6) is 0.353. The number of carbonyl (C=O) groups excluding carboxylic acids is 1. The third-order valence-corrected chi connectivity index (χ3v) is 3.97. The zero-order valence-electron chi connectivity index (χ0n) is 14.5. The van der Waals surface area contributed by atoms with E-state index < -0.39 is 17.7 Å². The van der Waals surface area contributed by atoms with E-state index in [4.69, 9.17) is 9.15 Å². The zero-order valence-corrected chi connectivity index (χ0v) is 14.5. The minimum atomic E-state index is -4.37. The molecule has 0 saturated carbocycles. The van der Waals surface area contributed by atoms with E-state index in [1.807, 2.05) is 30.3 Å². The molecule has 0 spiro atoms. The predicted octanol–water partition coefficient (Wildman–Crippen LogP) is 5.73. The number of carbonyl (C=O) groups is 1. The summed E-state index contributed by atoms with van der Waals surface area (Å²) in [5.41, 5.74) is 0.957. The SMILES string of the molecule is CCOC(=O)c1cc(Cc2ccc(C(F)(F)F)cc2)oc1-c1ccccc1. The monoisotopic (exact) mass is 374 g/mol. The van der Waals surface area contributed by atoms with Gasteiger partial charge in [0, 0.05) is 12.0 Å². The number of benzene rings is 2. The summed E-state index contributed by atoms with van der Waals surface area (Å²) in [4.78, 5) is 12.3. The van der Waals surface area contributed by atoms with Crippen LogP contribution < -0.4 is 0 Å². The Labute approximate surface area is 154 Å². The lowest BCUT2D eigenvalue weighted by Crippen LogP contribution is -2.04. The molecule has 0 aliphatic carbocycles. The highest BCUT2D eigenvalue weighted by atomic mass is 19.4. The summed E-state index contributed by atoms with van der Waals surface area (Å²) in [6, 6.07) is 15.6. The largest absolute Gasteiger partial charge is 0.462 e. The minimum Gasteiger partial charge on any atom is -0.462 e. The minimum absolute atomic E-state index is 0.229. The van der Waals surface area contributed by atoms with Gasteiger partial charge in [0.25, 0.3) is 0 Å². The topological polar surface area (TPSA) is 39.4 Å². The van der Waals surface area contributed by atoms with Gasteiger partial charge in [-0.2, -0.15) is 13.2 Å². The first-order valence-electron chi connectivity index (χ1n) is 8.40. The van der Waals surface area contributed by atoms with Crippen LogP contribution in [-0.4, -0.2) is 12.6 Å². The van der Waals surface area contributed by atoms with Crippen LogP contribution in [0.25, 0.3) is 11.3 Å². The molecule has 0 aliphatic heterocycles. The first kappa shape index (κ1) is 18.8. The Hall–Kier alpha value is -3.02. The van der Waals surface area contributed by atoms with Gasteiger partial charge < -0.3 is 9.15 Å². The van der Waals surface area contributed by atoms with Gasteiger partial charge in [-0.1, -0.05) is 42.5 Å². The Bertz CT molecular complexity index is 910. The highest BCUT2D eigenvalue weighted by Gasteiger charge is 2.30. The van der Waals surface area contributed by atoms with Crippen molar-refractivity contribution in [3.8, 4) is 11.3 Å². The molecule has 0 bridgehead atoms. The summed E-state index contributed by atoms with van der Waals surface area (Å²) in [7, 11) is 0. The van der Waals surface area contributed by atoms with Crippen molar-refractivity contribution in [3.05, 3.63) is 83.1 Å². The number of ether oxygens (including phenoxy) is 1. The second kappa shape index (κ2) is 7.70. The molecule has 1 aromatic heterocycles. The number of rotatable bonds is 5. The van der Waals surface area contributed by atoms with Crippen LogP contribution in [0.2, 0.25) is 0 Å². The van der Waals surface area contributed by atoms with E-state index in [0.717, 1.165) is 17.7 Å². The molecule has 0 aliphatic rings. The van der Waals surface area contributed by atoms with Crippen LogP contribution in [0.5, 0.6) is 0 Å². The first-order chi connectivity index (χ1) is 12.9. The molecule has 0 amide bonds. The quantitative estimate of drug-likeness (QED) is 0.535. The number of halogens is 3. The third-order valence-electron chi connectivity index (χ3n) is 3.97. The fourth-order valence-corrected chi connectivity index (χ4v) is 2.71. The molecule has 0 N–H and O–H groups in total. The van der Waals surface area contributed by atoms with Crippen molar-refractivity contribution in [3.63, 3.8) is 0 Å². The van der Waals surface area contributed by atoms with Crippen molar-refractivity contribution < 1.29 is 27.1 Å². The third kappa shape index (κ3) is 4.39. The van der Waals surface area contributed by atoms with E-state index in [1.54, 1.807) is 13.0 Å². The second-order valence-corrected chi connectivity index (χ2v) is 5.91. The van der Waals surface area contributed by atoms with E-state index in [2.05, 4.69) is 0 Å². The van der Waals surface area contributed by atoms with Gasteiger partial charge in [0.05, 0.1) is 12.2 Å². The first-order valence-corrected chi connectivity index (χ1v) is 8.40. The predicted molar refractivity (Wildman–Crippen MR) is 94.4 cm³/mol. The number of hydrogen-bond donors (Lipinski definition) is 0. The molecule has 0 unspecified atom stereocenters. The van der Waals surface area contributed by atoms with Crippen LogP contribution in [0.1, 0.15) is 34.2 Å². The van der Waals surface area contributed by atoms with Gasteiger partial charge >= 0.3 is 12.1 Å². The summed E-state index contributed by atoms with van der Waals surface area (Å²) in [5, 5.41) is 0. The number of esters is 1. The Morgan fingerprint density at radius 1 is 1.04 bits per heavy atom. The summed E-state index contributed by atoms with van der Waals surface area (Å²) in [6.45, 7) is 1.94. The van der Waals surface area contributed by atoms with E-state index in [9.17, 15) is 18.0 Å². The summed E-state index contributed by atoms with van der Waals surface area (Å²) in [6.07, 6.45) is -4.11. The molecule has 2 aromatic carbocycles. The number of hydrogen-bond acceptors (Lipinski definition) is 3. The highest BCUT2D eigenvalue weighted by molar-refractivity contribution is 5.96. The fraction of sp³-hybridized carbons (Fsp3) is 0.190. The van der Waals surface area contributed by atoms with E-state index >= 15 is 0 Å². The molecular weight excluding hydrogens is 357 g/mol. The van der Waals surface area contributed by atoms with Gasteiger partial charge in [-0.05, 0) is 30.7 Å². The normalized spacial score (nSPS) is 11.4. The van der Waals surface area contributed by atoms with E-state index in [-0.39, 0.29) is 13.0 Å². The van der Waals surface area contributed by atoms with Crippen LogP contribution in [0.4, 0.5) is 13.2 Å².